The molecule has 1 aliphatic carbocycles. The minimum absolute atomic E-state index is 0.0218. The molecule has 1 aromatic rings. The first-order valence-electron chi connectivity index (χ1n) is 12.9. The highest BCUT2D eigenvalue weighted by atomic mass is 32.1. The Kier molecular flexibility index (Phi) is 9.19. The van der Waals surface area contributed by atoms with Gasteiger partial charge in [-0.1, -0.05) is 24.3 Å². The lowest BCUT2D eigenvalue weighted by atomic mass is 9.93. The summed E-state index contributed by atoms with van der Waals surface area (Å²) in [7, 11) is 0. The maximum Gasteiger partial charge on any atom is 0.307 e. The van der Waals surface area contributed by atoms with E-state index in [1.807, 2.05) is 9.80 Å². The number of halogens is 1. The summed E-state index contributed by atoms with van der Waals surface area (Å²) in [5.41, 5.74) is 1.51. The van der Waals surface area contributed by atoms with Gasteiger partial charge in [-0.25, -0.2) is 4.39 Å². The number of likely N-dealkylation sites (tertiary alicyclic amines) is 1. The molecule has 2 aliphatic heterocycles. The summed E-state index contributed by atoms with van der Waals surface area (Å²) < 4.78 is 19.7. The molecule has 2 unspecified atom stereocenters. The quantitative estimate of drug-likeness (QED) is 0.293. The monoisotopic (exact) mass is 517 g/mol. The van der Waals surface area contributed by atoms with Crippen molar-refractivity contribution in [2.75, 3.05) is 52.4 Å². The van der Waals surface area contributed by atoms with E-state index in [0.29, 0.717) is 51.4 Å². The summed E-state index contributed by atoms with van der Waals surface area (Å²) in [6.45, 7) is 5.90. The molecule has 1 saturated carbocycles. The smallest absolute Gasteiger partial charge is 0.307 e. The molecular weight excluding hydrogens is 481 g/mol. The number of nitrogens with zero attached hydrogens (tertiary/aromatic N) is 3. The molecule has 2 atom stereocenters. The van der Waals surface area contributed by atoms with E-state index < -0.39 is 6.04 Å². The maximum absolute atomic E-state index is 14.7. The molecule has 0 radical (unpaired) electrons. The highest BCUT2D eigenvalue weighted by Crippen LogP contribution is 2.39. The van der Waals surface area contributed by atoms with Crippen LogP contribution >= 0.6 is 12.6 Å². The van der Waals surface area contributed by atoms with Crippen LogP contribution in [0.5, 0.6) is 0 Å². The van der Waals surface area contributed by atoms with Crippen molar-refractivity contribution in [2.45, 2.75) is 43.9 Å². The van der Waals surface area contributed by atoms with E-state index in [4.69, 9.17) is 17.4 Å². The van der Waals surface area contributed by atoms with Crippen LogP contribution in [0.15, 0.2) is 35.9 Å². The number of thiol groups is 1. The fourth-order valence-electron chi connectivity index (χ4n) is 4.98. The van der Waals surface area contributed by atoms with Gasteiger partial charge in [0.1, 0.15) is 5.82 Å². The van der Waals surface area contributed by atoms with Crippen molar-refractivity contribution in [1.82, 2.24) is 14.7 Å². The molecule has 2 saturated heterocycles. The first kappa shape index (κ1) is 26.8. The van der Waals surface area contributed by atoms with E-state index in [1.165, 1.54) is 6.07 Å². The van der Waals surface area contributed by atoms with Crippen LogP contribution in [0.1, 0.15) is 44.2 Å². The Bertz CT molecular complexity index is 999. The molecule has 4 rings (SSSR count). The van der Waals surface area contributed by atoms with Crippen molar-refractivity contribution in [3.8, 4) is 0 Å². The number of rotatable bonds is 10. The van der Waals surface area contributed by atoms with Gasteiger partial charge in [-0.3, -0.25) is 24.2 Å². The van der Waals surface area contributed by atoms with Crippen molar-refractivity contribution in [2.24, 2.45) is 5.92 Å². The van der Waals surface area contributed by atoms with Gasteiger partial charge in [0.25, 0.3) is 0 Å². The highest BCUT2D eigenvalue weighted by molar-refractivity contribution is 7.81. The van der Waals surface area contributed by atoms with E-state index in [-0.39, 0.29) is 47.6 Å². The Morgan fingerprint density at radius 3 is 2.64 bits per heavy atom. The number of ketones is 1. The van der Waals surface area contributed by atoms with Crippen LogP contribution in [0.2, 0.25) is 0 Å². The first-order valence-corrected chi connectivity index (χ1v) is 13.4. The van der Waals surface area contributed by atoms with Crippen molar-refractivity contribution in [3.63, 3.8) is 0 Å². The minimum atomic E-state index is -0.590. The number of carbonyl (C=O) groups excluding carboxylic acids is 3. The standard InChI is InChI=1S/C27H36FN3O4S/c1-2-35-25(33)11-12-29-15-16-30(24(32)18-29)13-9-20-17-31(14-10-23(20)36)26(27(34)19-7-8-19)21-5-3-4-6-22(21)28/h3-6,9,19,23,26,36H,2,7-8,10-18H2,1H3/b20-9-. The zero-order valence-corrected chi connectivity index (χ0v) is 21.8. The average molecular weight is 518 g/mol. The lowest BCUT2D eigenvalue weighted by molar-refractivity contribution is -0.144. The van der Waals surface area contributed by atoms with Gasteiger partial charge in [-0.2, -0.15) is 12.6 Å². The summed E-state index contributed by atoms with van der Waals surface area (Å²) >= 11 is 4.77. The molecule has 36 heavy (non-hydrogen) atoms. The van der Waals surface area contributed by atoms with Crippen LogP contribution in [0.25, 0.3) is 0 Å². The van der Waals surface area contributed by atoms with Gasteiger partial charge in [0.15, 0.2) is 5.78 Å². The zero-order valence-electron chi connectivity index (χ0n) is 20.9. The lowest BCUT2D eigenvalue weighted by Gasteiger charge is -2.38. The normalized spacial score (nSPS) is 23.6. The largest absolute Gasteiger partial charge is 0.466 e. The second kappa shape index (κ2) is 12.3. The number of ether oxygens (including phenoxy) is 1. The van der Waals surface area contributed by atoms with E-state index >= 15 is 0 Å². The molecule has 0 aromatic heterocycles. The predicted molar refractivity (Wildman–Crippen MR) is 138 cm³/mol. The molecule has 7 nitrogen and oxygen atoms in total. The Balaban J connectivity index is 1.38. The molecule has 0 N–H and O–H groups in total. The van der Waals surface area contributed by atoms with E-state index in [1.54, 1.807) is 25.1 Å². The van der Waals surface area contributed by atoms with Gasteiger partial charge < -0.3 is 9.64 Å². The van der Waals surface area contributed by atoms with Crippen LogP contribution in [-0.2, 0) is 19.1 Å². The van der Waals surface area contributed by atoms with Gasteiger partial charge in [0, 0.05) is 56.0 Å². The third-order valence-electron chi connectivity index (χ3n) is 7.23. The Morgan fingerprint density at radius 1 is 1.17 bits per heavy atom. The summed E-state index contributed by atoms with van der Waals surface area (Å²) in [5.74, 6) is -0.438. The van der Waals surface area contributed by atoms with E-state index in [0.717, 1.165) is 24.8 Å². The van der Waals surface area contributed by atoms with Crippen molar-refractivity contribution < 1.29 is 23.5 Å². The predicted octanol–water partition coefficient (Wildman–Crippen LogP) is 2.87. The lowest BCUT2D eigenvalue weighted by Crippen LogP contribution is -2.50. The second-order valence-electron chi connectivity index (χ2n) is 9.83. The molecule has 1 amide bonds. The Hall–Kier alpha value is -2.23. The third-order valence-corrected chi connectivity index (χ3v) is 7.82. The number of amides is 1. The van der Waals surface area contributed by atoms with Gasteiger partial charge in [0.2, 0.25) is 5.91 Å². The highest BCUT2D eigenvalue weighted by Gasteiger charge is 2.41. The molecular formula is C27H36FN3O4S. The van der Waals surface area contributed by atoms with Crippen LogP contribution in [0.4, 0.5) is 4.39 Å². The Labute approximate surface area is 218 Å². The topological polar surface area (TPSA) is 70.2 Å². The van der Waals surface area contributed by atoms with E-state index in [2.05, 4.69) is 11.0 Å². The van der Waals surface area contributed by atoms with Crippen LogP contribution in [-0.4, -0.2) is 90.0 Å². The van der Waals surface area contributed by atoms with Crippen LogP contribution in [0.3, 0.4) is 0 Å². The van der Waals surface area contributed by atoms with Crippen molar-refractivity contribution >= 4 is 30.3 Å². The van der Waals surface area contributed by atoms with Crippen molar-refractivity contribution in [1.29, 1.82) is 0 Å². The van der Waals surface area contributed by atoms with Gasteiger partial charge >= 0.3 is 5.97 Å². The molecule has 9 heteroatoms. The number of hydrogen-bond donors (Lipinski definition) is 1. The Morgan fingerprint density at radius 2 is 1.94 bits per heavy atom. The van der Waals surface area contributed by atoms with Gasteiger partial charge in [-0.05, 0) is 37.8 Å². The number of esters is 1. The second-order valence-corrected chi connectivity index (χ2v) is 10.4. The molecule has 196 valence electrons. The van der Waals surface area contributed by atoms with Crippen LogP contribution in [0, 0.1) is 11.7 Å². The zero-order chi connectivity index (χ0) is 25.7. The fourth-order valence-corrected chi connectivity index (χ4v) is 5.28. The van der Waals surface area contributed by atoms with Crippen LogP contribution < -0.4 is 0 Å². The summed E-state index contributed by atoms with van der Waals surface area (Å²) in [5, 5.41) is 0.0412. The number of piperazine rings is 1. The number of carbonyl (C=O) groups is 3. The number of Topliss-reactive ketones (excluding diaryl/α,β-unsaturated/α-hetero) is 1. The molecule has 0 spiro atoms. The molecule has 3 fully saturated rings. The fraction of sp³-hybridized carbons (Fsp3) is 0.593. The summed E-state index contributed by atoms with van der Waals surface area (Å²) in [4.78, 5) is 43.4. The molecule has 2 heterocycles. The summed E-state index contributed by atoms with van der Waals surface area (Å²) in [6.07, 6.45) is 4.85. The van der Waals surface area contributed by atoms with Gasteiger partial charge in [-0.15, -0.1) is 0 Å². The molecule has 0 bridgehead atoms. The average Bonchev–Trinajstić information content (AvgIpc) is 3.71. The van der Waals surface area contributed by atoms with E-state index in [9.17, 15) is 18.8 Å². The molecule has 3 aliphatic rings. The third kappa shape index (κ3) is 6.75. The van der Waals surface area contributed by atoms with Crippen molar-refractivity contribution in [3.05, 3.63) is 47.3 Å². The summed E-state index contributed by atoms with van der Waals surface area (Å²) in [6, 6.07) is 5.98. The number of hydrogen-bond acceptors (Lipinski definition) is 7. The first-order chi connectivity index (χ1) is 17.4. The van der Waals surface area contributed by atoms with Gasteiger partial charge in [0.05, 0.1) is 25.6 Å². The minimum Gasteiger partial charge on any atom is -0.466 e. The SMILES string of the molecule is CCOC(=O)CCN1CCN(C/C=C2/CN(C(C(=O)C3CC3)c3ccccc3F)CCC2S)C(=O)C1. The number of benzene rings is 1. The molecule has 1 aromatic carbocycles. The number of piperidine rings is 1. The maximum atomic E-state index is 14.7.